The quantitative estimate of drug-likeness (QED) is 0.863. The molecule has 1 aliphatic carbocycles. The lowest BCUT2D eigenvalue weighted by Crippen LogP contribution is -2.16. The van der Waals surface area contributed by atoms with E-state index in [1.54, 1.807) is 12.1 Å². The van der Waals surface area contributed by atoms with Gasteiger partial charge in [-0.1, -0.05) is 12.1 Å². The fourth-order valence-corrected chi connectivity index (χ4v) is 4.49. The summed E-state index contributed by atoms with van der Waals surface area (Å²) in [7, 11) is -7.69. The molecule has 0 bridgehead atoms. The predicted molar refractivity (Wildman–Crippen MR) is 91.7 cm³/mol. The summed E-state index contributed by atoms with van der Waals surface area (Å²) in [5.41, 5.74) is 2.40. The van der Waals surface area contributed by atoms with Gasteiger partial charge in [0, 0.05) is 0 Å². The molecule has 2 aromatic rings. The van der Waals surface area contributed by atoms with E-state index in [9.17, 15) is 16.8 Å². The topological polar surface area (TPSA) is 106 Å². The van der Waals surface area contributed by atoms with Crippen molar-refractivity contribution >= 4 is 25.7 Å². The molecule has 0 aliphatic heterocycles. The molecule has 0 fully saturated rings. The van der Waals surface area contributed by atoms with Crippen molar-refractivity contribution in [2.24, 2.45) is 5.14 Å². The first-order chi connectivity index (χ1) is 11.3. The molecule has 3 N–H and O–H groups in total. The van der Waals surface area contributed by atoms with Gasteiger partial charge in [-0.2, -0.15) is 0 Å². The van der Waals surface area contributed by atoms with Crippen LogP contribution in [0.25, 0.3) is 0 Å². The zero-order valence-electron chi connectivity index (χ0n) is 12.9. The van der Waals surface area contributed by atoms with Crippen LogP contribution in [0.3, 0.4) is 0 Å². The van der Waals surface area contributed by atoms with Gasteiger partial charge in [0.2, 0.25) is 10.0 Å². The van der Waals surface area contributed by atoms with Gasteiger partial charge < -0.3 is 0 Å². The molecule has 128 valence electrons. The van der Waals surface area contributed by atoms with Crippen molar-refractivity contribution in [3.05, 3.63) is 53.6 Å². The number of hydrogen-bond acceptors (Lipinski definition) is 4. The molecule has 0 spiro atoms. The predicted octanol–water partition coefficient (Wildman–Crippen LogP) is 2.01. The van der Waals surface area contributed by atoms with E-state index in [2.05, 4.69) is 4.72 Å². The number of aryl methyl sites for hydroxylation is 2. The fourth-order valence-electron chi connectivity index (χ4n) is 2.83. The number of anilines is 1. The van der Waals surface area contributed by atoms with Crippen LogP contribution in [0.2, 0.25) is 0 Å². The number of rotatable bonds is 4. The van der Waals surface area contributed by atoms with Gasteiger partial charge in [-0.3, -0.25) is 4.72 Å². The summed E-state index contributed by atoms with van der Waals surface area (Å²) in [5, 5.41) is 5.07. The summed E-state index contributed by atoms with van der Waals surface area (Å²) < 4.78 is 50.3. The van der Waals surface area contributed by atoms with Crippen LogP contribution in [0.15, 0.2) is 52.3 Å². The molecule has 0 radical (unpaired) electrons. The third-order valence-electron chi connectivity index (χ3n) is 4.05. The first kappa shape index (κ1) is 16.9. The molecule has 0 amide bonds. The van der Waals surface area contributed by atoms with E-state index in [-0.39, 0.29) is 15.5 Å². The van der Waals surface area contributed by atoms with Crippen LogP contribution in [0.4, 0.5) is 5.69 Å². The van der Waals surface area contributed by atoms with Gasteiger partial charge in [0.1, 0.15) is 0 Å². The molecule has 24 heavy (non-hydrogen) atoms. The van der Waals surface area contributed by atoms with E-state index in [0.717, 1.165) is 31.2 Å². The van der Waals surface area contributed by atoms with Crippen molar-refractivity contribution < 1.29 is 16.8 Å². The van der Waals surface area contributed by atoms with E-state index >= 15 is 0 Å². The Labute approximate surface area is 141 Å². The van der Waals surface area contributed by atoms with Crippen LogP contribution in [0.5, 0.6) is 0 Å². The monoisotopic (exact) mass is 366 g/mol. The molecule has 0 atom stereocenters. The van der Waals surface area contributed by atoms with E-state index in [1.165, 1.54) is 29.8 Å². The second-order valence-corrected chi connectivity index (χ2v) is 9.06. The minimum absolute atomic E-state index is 0.145. The Hall–Kier alpha value is -1.90. The van der Waals surface area contributed by atoms with Gasteiger partial charge in [0.05, 0.1) is 15.5 Å². The molecule has 0 heterocycles. The van der Waals surface area contributed by atoms with Gasteiger partial charge in [-0.05, 0) is 67.1 Å². The van der Waals surface area contributed by atoms with Crippen LogP contribution in [-0.4, -0.2) is 16.8 Å². The molecule has 0 aromatic heterocycles. The highest BCUT2D eigenvalue weighted by Gasteiger charge is 2.18. The summed E-state index contributed by atoms with van der Waals surface area (Å²) in [6.07, 6.45) is 4.02. The normalized spacial score (nSPS) is 14.9. The maximum absolute atomic E-state index is 12.6. The Morgan fingerprint density at radius 3 is 2.25 bits per heavy atom. The summed E-state index contributed by atoms with van der Waals surface area (Å²) in [6.45, 7) is 0. The van der Waals surface area contributed by atoms with Gasteiger partial charge in [0.15, 0.2) is 0 Å². The number of nitrogens with one attached hydrogen (secondary N) is 1. The second kappa shape index (κ2) is 6.19. The first-order valence-electron chi connectivity index (χ1n) is 7.53. The Balaban J connectivity index is 1.92. The van der Waals surface area contributed by atoms with Crippen LogP contribution < -0.4 is 9.86 Å². The summed E-state index contributed by atoms with van der Waals surface area (Å²) in [5.74, 6) is 0. The lowest BCUT2D eigenvalue weighted by Gasteiger charge is -2.17. The summed E-state index contributed by atoms with van der Waals surface area (Å²) in [4.78, 5) is 0.0253. The van der Waals surface area contributed by atoms with Gasteiger partial charge in [0.25, 0.3) is 10.0 Å². The van der Waals surface area contributed by atoms with Gasteiger partial charge >= 0.3 is 0 Å². The maximum atomic E-state index is 12.6. The molecular formula is C16H18N2O4S2. The molecule has 8 heteroatoms. The summed E-state index contributed by atoms with van der Waals surface area (Å²) >= 11 is 0. The van der Waals surface area contributed by atoms with Crippen molar-refractivity contribution in [3.63, 3.8) is 0 Å². The minimum Gasteiger partial charge on any atom is -0.280 e. The number of primary sulfonamides is 1. The smallest absolute Gasteiger partial charge is 0.261 e. The lowest BCUT2D eigenvalue weighted by molar-refractivity contribution is 0.596. The first-order valence-corrected chi connectivity index (χ1v) is 10.6. The van der Waals surface area contributed by atoms with E-state index < -0.39 is 20.0 Å². The van der Waals surface area contributed by atoms with E-state index in [0.29, 0.717) is 0 Å². The molecule has 0 saturated heterocycles. The fraction of sp³-hybridized carbons (Fsp3) is 0.250. The van der Waals surface area contributed by atoms with Crippen molar-refractivity contribution in [2.45, 2.75) is 35.5 Å². The average molecular weight is 366 g/mol. The zero-order valence-corrected chi connectivity index (χ0v) is 14.5. The Kier molecular flexibility index (Phi) is 4.37. The maximum Gasteiger partial charge on any atom is 0.261 e. The number of sulfonamides is 2. The number of benzene rings is 2. The third-order valence-corrected chi connectivity index (χ3v) is 6.34. The van der Waals surface area contributed by atoms with Crippen molar-refractivity contribution in [1.29, 1.82) is 0 Å². The second-order valence-electron chi connectivity index (χ2n) is 5.82. The molecule has 2 aromatic carbocycles. The highest BCUT2D eigenvalue weighted by molar-refractivity contribution is 7.92. The Bertz CT molecular complexity index is 983. The van der Waals surface area contributed by atoms with Crippen molar-refractivity contribution in [2.75, 3.05) is 4.72 Å². The highest BCUT2D eigenvalue weighted by Crippen LogP contribution is 2.25. The molecule has 3 rings (SSSR count). The van der Waals surface area contributed by atoms with E-state index in [4.69, 9.17) is 5.14 Å². The molecule has 6 nitrogen and oxygen atoms in total. The van der Waals surface area contributed by atoms with Crippen LogP contribution >= 0.6 is 0 Å². The van der Waals surface area contributed by atoms with Gasteiger partial charge in [-0.15, -0.1) is 0 Å². The third kappa shape index (κ3) is 3.61. The Morgan fingerprint density at radius 1 is 0.833 bits per heavy atom. The molecule has 0 saturated carbocycles. The van der Waals surface area contributed by atoms with Crippen LogP contribution in [0.1, 0.15) is 24.0 Å². The average Bonchev–Trinajstić information content (AvgIpc) is 2.53. The lowest BCUT2D eigenvalue weighted by atomic mass is 9.92. The molecule has 0 unspecified atom stereocenters. The summed E-state index contributed by atoms with van der Waals surface area (Å²) in [6, 6.07) is 10.5. The van der Waals surface area contributed by atoms with E-state index in [1.807, 2.05) is 6.07 Å². The zero-order chi connectivity index (χ0) is 17.4. The number of fused-ring (bicyclic) bond motifs is 1. The largest absolute Gasteiger partial charge is 0.280 e. The minimum atomic E-state index is -3.89. The molecular weight excluding hydrogens is 348 g/mol. The standard InChI is InChI=1S/C16H18N2O4S2/c17-23(19,20)15-7-3-6-14(11-15)18-24(21,22)16-9-8-12-4-1-2-5-13(12)10-16/h3,6-11,18H,1-2,4-5H2,(H2,17,19,20). The van der Waals surface area contributed by atoms with Crippen molar-refractivity contribution in [1.82, 2.24) is 0 Å². The van der Waals surface area contributed by atoms with Crippen LogP contribution in [-0.2, 0) is 32.9 Å². The molecule has 1 aliphatic rings. The van der Waals surface area contributed by atoms with Crippen LogP contribution in [0, 0.1) is 0 Å². The van der Waals surface area contributed by atoms with Gasteiger partial charge in [-0.25, -0.2) is 22.0 Å². The highest BCUT2D eigenvalue weighted by atomic mass is 32.2. The Morgan fingerprint density at radius 2 is 1.54 bits per heavy atom. The van der Waals surface area contributed by atoms with Crippen molar-refractivity contribution in [3.8, 4) is 0 Å². The number of hydrogen-bond donors (Lipinski definition) is 2. The number of nitrogens with two attached hydrogens (primary N) is 1. The SMILES string of the molecule is NS(=O)(=O)c1cccc(NS(=O)(=O)c2ccc3c(c2)CCCC3)c1.